The summed E-state index contributed by atoms with van der Waals surface area (Å²) in [5.74, 6) is 1.17. The number of nitrogens with zero attached hydrogens (tertiary/aromatic N) is 5. The van der Waals surface area contributed by atoms with E-state index in [1.54, 1.807) is 0 Å². The topological polar surface area (TPSA) is 25.9 Å². The van der Waals surface area contributed by atoms with Crippen LogP contribution in [0.2, 0.25) is 0 Å². The molecule has 4 fully saturated rings. The first-order chi connectivity index (χ1) is 16.8. The number of hydrogen-bond acceptors (Lipinski definition) is 5. The smallest absolute Gasteiger partial charge is 0.128 e. The Hall–Kier alpha value is -2.11. The highest BCUT2D eigenvalue weighted by molar-refractivity contribution is 5.51. The molecule has 1 aromatic heterocycles. The summed E-state index contributed by atoms with van der Waals surface area (Å²) in [6.07, 6.45) is 12.0. The van der Waals surface area contributed by atoms with E-state index >= 15 is 0 Å². The van der Waals surface area contributed by atoms with E-state index in [9.17, 15) is 0 Å². The van der Waals surface area contributed by atoms with Crippen molar-refractivity contribution in [3.63, 3.8) is 0 Å². The first-order valence-corrected chi connectivity index (χ1v) is 13.7. The van der Waals surface area contributed by atoms with Crippen LogP contribution in [0.5, 0.6) is 0 Å². The van der Waals surface area contributed by atoms with E-state index in [-0.39, 0.29) is 0 Å². The molecule has 3 aliphatic heterocycles. The highest BCUT2D eigenvalue weighted by Gasteiger charge is 2.39. The van der Waals surface area contributed by atoms with Gasteiger partial charge >= 0.3 is 0 Å². The van der Waals surface area contributed by atoms with Gasteiger partial charge in [-0.15, -0.1) is 0 Å². The minimum atomic E-state index is 0.607. The first-order valence-electron chi connectivity index (χ1n) is 13.7. The van der Waals surface area contributed by atoms with Crippen LogP contribution in [0.25, 0.3) is 0 Å². The molecule has 4 aliphatic rings. The Balaban J connectivity index is 0.975. The van der Waals surface area contributed by atoms with Crippen molar-refractivity contribution in [1.29, 1.82) is 0 Å². The highest BCUT2D eigenvalue weighted by atomic mass is 15.3. The number of likely N-dealkylation sites (tertiary alicyclic amines) is 1. The molecule has 0 amide bonds. The van der Waals surface area contributed by atoms with E-state index in [1.807, 2.05) is 0 Å². The molecule has 2 aromatic rings. The zero-order valence-electron chi connectivity index (χ0n) is 20.7. The largest absolute Gasteiger partial charge is 0.368 e. The number of aromatic nitrogens is 1. The molecule has 1 spiro atoms. The zero-order chi connectivity index (χ0) is 22.8. The standard InChI is InChI=1S/C29H41N5/c1-2-5-25(6-3-1)24-31-19-21-33(22-20-31)27-9-10-28(30-23-27)34-17-13-29(14-18-34)11-15-32(16-12-29)26-7-4-8-26/h1-3,5-6,9-10,23,26H,4,7-8,11-22,24H2. The summed E-state index contributed by atoms with van der Waals surface area (Å²) >= 11 is 0. The lowest BCUT2D eigenvalue weighted by molar-refractivity contribution is 0.0305. The van der Waals surface area contributed by atoms with Crippen LogP contribution in [-0.2, 0) is 6.54 Å². The quantitative estimate of drug-likeness (QED) is 0.649. The Morgan fingerprint density at radius 1 is 0.735 bits per heavy atom. The third-order valence-electron chi connectivity index (χ3n) is 9.32. The number of hydrogen-bond donors (Lipinski definition) is 0. The Morgan fingerprint density at radius 3 is 2.06 bits per heavy atom. The highest BCUT2D eigenvalue weighted by Crippen LogP contribution is 2.43. The molecule has 4 heterocycles. The summed E-state index contributed by atoms with van der Waals surface area (Å²) in [6.45, 7) is 10.5. The fourth-order valence-electron chi connectivity index (χ4n) is 6.58. The normalized spacial score (nSPS) is 24.4. The van der Waals surface area contributed by atoms with Gasteiger partial charge in [0.2, 0.25) is 0 Å². The van der Waals surface area contributed by atoms with Gasteiger partial charge in [-0.05, 0) is 74.7 Å². The second kappa shape index (κ2) is 9.87. The van der Waals surface area contributed by atoms with Gasteiger partial charge in [0.1, 0.15) is 5.82 Å². The van der Waals surface area contributed by atoms with Crippen molar-refractivity contribution in [2.75, 3.05) is 62.2 Å². The van der Waals surface area contributed by atoms with Crippen LogP contribution < -0.4 is 9.80 Å². The van der Waals surface area contributed by atoms with Crippen LogP contribution in [0, 0.1) is 5.41 Å². The molecular weight excluding hydrogens is 418 g/mol. The van der Waals surface area contributed by atoms with Crippen LogP contribution in [0.15, 0.2) is 48.7 Å². The molecule has 5 heteroatoms. The van der Waals surface area contributed by atoms with Gasteiger partial charge in [0.15, 0.2) is 0 Å². The molecule has 0 unspecified atom stereocenters. The van der Waals surface area contributed by atoms with Crippen molar-refractivity contribution in [1.82, 2.24) is 14.8 Å². The molecule has 182 valence electrons. The minimum Gasteiger partial charge on any atom is -0.368 e. The molecular formula is C29H41N5. The van der Waals surface area contributed by atoms with Crippen LogP contribution in [0.4, 0.5) is 11.5 Å². The van der Waals surface area contributed by atoms with E-state index in [0.29, 0.717) is 5.41 Å². The second-order valence-corrected chi connectivity index (χ2v) is 11.2. The Labute approximate surface area is 205 Å². The number of pyridine rings is 1. The maximum atomic E-state index is 4.91. The summed E-state index contributed by atoms with van der Waals surface area (Å²) in [6, 6.07) is 16.3. The van der Waals surface area contributed by atoms with Gasteiger partial charge in [-0.2, -0.15) is 0 Å². The predicted molar refractivity (Wildman–Crippen MR) is 140 cm³/mol. The predicted octanol–water partition coefficient (Wildman–Crippen LogP) is 4.64. The molecule has 1 aliphatic carbocycles. The maximum absolute atomic E-state index is 4.91. The maximum Gasteiger partial charge on any atom is 0.128 e. The van der Waals surface area contributed by atoms with E-state index in [0.717, 1.165) is 38.8 Å². The molecule has 3 saturated heterocycles. The SMILES string of the molecule is c1ccc(CN2CCN(c3ccc(N4CCC5(CC4)CCN(C4CCC4)CC5)nc3)CC2)cc1. The molecule has 0 radical (unpaired) electrons. The lowest BCUT2D eigenvalue weighted by Gasteiger charge is -2.50. The van der Waals surface area contributed by atoms with E-state index in [1.165, 1.54) is 88.2 Å². The summed E-state index contributed by atoms with van der Waals surface area (Å²) in [7, 11) is 0. The van der Waals surface area contributed by atoms with Crippen molar-refractivity contribution in [3.05, 3.63) is 54.2 Å². The molecule has 6 rings (SSSR count). The van der Waals surface area contributed by atoms with Crippen molar-refractivity contribution < 1.29 is 0 Å². The van der Waals surface area contributed by atoms with Gasteiger partial charge in [-0.1, -0.05) is 36.8 Å². The molecule has 1 aromatic carbocycles. The summed E-state index contributed by atoms with van der Waals surface area (Å²) in [4.78, 5) is 15.3. The number of piperazine rings is 1. The molecule has 0 atom stereocenters. The zero-order valence-corrected chi connectivity index (χ0v) is 20.7. The molecule has 1 saturated carbocycles. The van der Waals surface area contributed by atoms with Crippen molar-refractivity contribution in [2.24, 2.45) is 5.41 Å². The second-order valence-electron chi connectivity index (χ2n) is 11.2. The van der Waals surface area contributed by atoms with Crippen molar-refractivity contribution >= 4 is 11.5 Å². The van der Waals surface area contributed by atoms with Crippen molar-refractivity contribution in [2.45, 2.75) is 57.5 Å². The number of anilines is 2. The first kappa shape index (κ1) is 22.4. The Kier molecular flexibility index (Phi) is 6.49. The van der Waals surface area contributed by atoms with Crippen LogP contribution in [0.1, 0.15) is 50.5 Å². The van der Waals surface area contributed by atoms with Gasteiger partial charge in [-0.3, -0.25) is 4.90 Å². The molecule has 0 bridgehead atoms. The fourth-order valence-corrected chi connectivity index (χ4v) is 6.58. The molecule has 0 N–H and O–H groups in total. The van der Waals surface area contributed by atoms with Gasteiger partial charge in [-0.25, -0.2) is 4.98 Å². The summed E-state index contributed by atoms with van der Waals surface area (Å²) in [5.41, 5.74) is 3.30. The Morgan fingerprint density at radius 2 is 1.44 bits per heavy atom. The van der Waals surface area contributed by atoms with Crippen molar-refractivity contribution in [3.8, 4) is 0 Å². The fraction of sp³-hybridized carbons (Fsp3) is 0.621. The number of benzene rings is 1. The van der Waals surface area contributed by atoms with Crippen LogP contribution in [-0.4, -0.2) is 73.2 Å². The Bertz CT molecular complexity index is 899. The lowest BCUT2D eigenvalue weighted by Crippen LogP contribution is -2.51. The average Bonchev–Trinajstić information content (AvgIpc) is 2.86. The monoisotopic (exact) mass is 459 g/mol. The number of piperidine rings is 2. The van der Waals surface area contributed by atoms with E-state index in [2.05, 4.69) is 68.3 Å². The van der Waals surface area contributed by atoms with Gasteiger partial charge in [0.25, 0.3) is 0 Å². The molecule has 5 nitrogen and oxygen atoms in total. The molecule has 34 heavy (non-hydrogen) atoms. The lowest BCUT2D eigenvalue weighted by atomic mass is 9.70. The number of rotatable bonds is 5. The van der Waals surface area contributed by atoms with Crippen LogP contribution in [0.3, 0.4) is 0 Å². The van der Waals surface area contributed by atoms with Gasteiger partial charge < -0.3 is 14.7 Å². The summed E-state index contributed by atoms with van der Waals surface area (Å²) < 4.78 is 0. The summed E-state index contributed by atoms with van der Waals surface area (Å²) in [5, 5.41) is 0. The van der Waals surface area contributed by atoms with Gasteiger partial charge in [0.05, 0.1) is 11.9 Å². The average molecular weight is 460 g/mol. The van der Waals surface area contributed by atoms with E-state index < -0.39 is 0 Å². The third-order valence-corrected chi connectivity index (χ3v) is 9.32. The van der Waals surface area contributed by atoms with Crippen LogP contribution >= 0.6 is 0 Å². The minimum absolute atomic E-state index is 0.607. The van der Waals surface area contributed by atoms with Gasteiger partial charge in [0, 0.05) is 51.9 Å². The third kappa shape index (κ3) is 4.83. The van der Waals surface area contributed by atoms with E-state index in [4.69, 9.17) is 4.98 Å².